The third-order valence-corrected chi connectivity index (χ3v) is 5.45. The molecule has 4 rings (SSSR count). The highest BCUT2D eigenvalue weighted by Crippen LogP contribution is 2.34. The fourth-order valence-electron chi connectivity index (χ4n) is 3.07. The molecule has 0 bridgehead atoms. The van der Waals surface area contributed by atoms with Crippen molar-refractivity contribution in [1.82, 2.24) is 0 Å². The SMILES string of the molecule is CC(C)Oc1ccc2ccccc2c1C1=NS(=O)(=O)c2ccccc2N1. The topological polar surface area (TPSA) is 67.8 Å². The minimum atomic E-state index is -3.78. The molecule has 0 aromatic heterocycles. The number of anilines is 1. The van der Waals surface area contributed by atoms with E-state index >= 15 is 0 Å². The fourth-order valence-corrected chi connectivity index (χ4v) is 4.19. The summed E-state index contributed by atoms with van der Waals surface area (Å²) in [7, 11) is -3.78. The van der Waals surface area contributed by atoms with Gasteiger partial charge in [-0.1, -0.05) is 42.5 Å². The summed E-state index contributed by atoms with van der Waals surface area (Å²) >= 11 is 0. The van der Waals surface area contributed by atoms with Crippen LogP contribution in [0.4, 0.5) is 5.69 Å². The lowest BCUT2D eigenvalue weighted by atomic mass is 10.0. The van der Waals surface area contributed by atoms with E-state index in [1.54, 1.807) is 24.3 Å². The molecule has 0 amide bonds. The summed E-state index contributed by atoms with van der Waals surface area (Å²) in [5.74, 6) is 0.871. The molecule has 0 atom stereocenters. The Morgan fingerprint density at radius 2 is 1.69 bits per heavy atom. The standard InChI is InChI=1S/C20H18N2O3S/c1-13(2)25-17-12-11-14-7-3-4-8-15(14)19(17)20-21-16-9-5-6-10-18(16)26(23,24)22-20/h3-13H,1-2H3,(H,21,22). The lowest BCUT2D eigenvalue weighted by molar-refractivity contribution is 0.242. The minimum absolute atomic E-state index is 0.0528. The van der Waals surface area contributed by atoms with E-state index in [0.717, 1.165) is 10.8 Å². The van der Waals surface area contributed by atoms with Crippen LogP contribution in [0.25, 0.3) is 10.8 Å². The van der Waals surface area contributed by atoms with Gasteiger partial charge >= 0.3 is 0 Å². The Labute approximate surface area is 152 Å². The van der Waals surface area contributed by atoms with E-state index in [1.807, 2.05) is 50.2 Å². The maximum atomic E-state index is 12.7. The van der Waals surface area contributed by atoms with E-state index in [-0.39, 0.29) is 16.8 Å². The van der Waals surface area contributed by atoms with Crippen molar-refractivity contribution < 1.29 is 13.2 Å². The molecule has 1 heterocycles. The number of hydrogen-bond donors (Lipinski definition) is 1. The maximum Gasteiger partial charge on any atom is 0.286 e. The van der Waals surface area contributed by atoms with Gasteiger partial charge in [-0.3, -0.25) is 0 Å². The molecule has 0 unspecified atom stereocenters. The Hall–Kier alpha value is -2.86. The van der Waals surface area contributed by atoms with Crippen molar-refractivity contribution in [3.8, 4) is 5.75 Å². The van der Waals surface area contributed by atoms with E-state index < -0.39 is 10.0 Å². The minimum Gasteiger partial charge on any atom is -0.490 e. The second-order valence-electron chi connectivity index (χ2n) is 6.36. The number of benzene rings is 3. The van der Waals surface area contributed by atoms with Crippen molar-refractivity contribution in [2.24, 2.45) is 4.40 Å². The van der Waals surface area contributed by atoms with Crippen LogP contribution >= 0.6 is 0 Å². The van der Waals surface area contributed by atoms with Gasteiger partial charge in [0, 0.05) is 0 Å². The van der Waals surface area contributed by atoms with Gasteiger partial charge in [-0.2, -0.15) is 8.42 Å². The van der Waals surface area contributed by atoms with Gasteiger partial charge in [0.2, 0.25) is 0 Å². The first kappa shape index (κ1) is 16.6. The number of para-hydroxylation sites is 1. The molecule has 26 heavy (non-hydrogen) atoms. The average molecular weight is 366 g/mol. The van der Waals surface area contributed by atoms with Crippen LogP contribution in [0.2, 0.25) is 0 Å². The number of amidine groups is 1. The van der Waals surface area contributed by atoms with Gasteiger partial charge in [-0.15, -0.1) is 4.40 Å². The number of nitrogens with zero attached hydrogens (tertiary/aromatic N) is 1. The maximum absolute atomic E-state index is 12.7. The van der Waals surface area contributed by atoms with Crippen LogP contribution in [-0.2, 0) is 10.0 Å². The first-order valence-electron chi connectivity index (χ1n) is 8.35. The summed E-state index contributed by atoms with van der Waals surface area (Å²) < 4.78 is 35.3. The molecule has 0 saturated heterocycles. The Morgan fingerprint density at radius 1 is 0.962 bits per heavy atom. The number of nitrogens with one attached hydrogen (secondary N) is 1. The predicted molar refractivity (Wildman–Crippen MR) is 103 cm³/mol. The smallest absolute Gasteiger partial charge is 0.286 e. The lowest BCUT2D eigenvalue weighted by Gasteiger charge is -2.22. The molecule has 5 nitrogen and oxygen atoms in total. The zero-order valence-corrected chi connectivity index (χ0v) is 15.2. The van der Waals surface area contributed by atoms with Gasteiger partial charge in [0.05, 0.1) is 17.4 Å². The molecule has 0 spiro atoms. The van der Waals surface area contributed by atoms with Crippen molar-refractivity contribution in [2.45, 2.75) is 24.8 Å². The number of ether oxygens (including phenoxy) is 1. The molecule has 1 aliphatic heterocycles. The van der Waals surface area contributed by atoms with E-state index in [2.05, 4.69) is 9.71 Å². The summed E-state index contributed by atoms with van der Waals surface area (Å²) in [5.41, 5.74) is 1.16. The van der Waals surface area contributed by atoms with Crippen LogP contribution in [-0.4, -0.2) is 20.4 Å². The molecule has 0 aliphatic carbocycles. The van der Waals surface area contributed by atoms with E-state index in [0.29, 0.717) is 17.0 Å². The summed E-state index contributed by atoms with van der Waals surface area (Å²) in [6.45, 7) is 3.86. The first-order valence-corrected chi connectivity index (χ1v) is 9.79. The quantitative estimate of drug-likeness (QED) is 0.755. The van der Waals surface area contributed by atoms with Crippen molar-refractivity contribution in [1.29, 1.82) is 0 Å². The second-order valence-corrected chi connectivity index (χ2v) is 7.94. The third kappa shape index (κ3) is 2.82. The van der Waals surface area contributed by atoms with Gasteiger partial charge in [-0.05, 0) is 42.8 Å². The molecule has 1 aliphatic rings. The first-order chi connectivity index (χ1) is 12.5. The molecule has 3 aromatic carbocycles. The van der Waals surface area contributed by atoms with E-state index in [4.69, 9.17) is 4.74 Å². The van der Waals surface area contributed by atoms with Crippen LogP contribution in [0.5, 0.6) is 5.75 Å². The molecule has 0 saturated carbocycles. The molecular weight excluding hydrogens is 348 g/mol. The zero-order valence-electron chi connectivity index (χ0n) is 14.4. The summed E-state index contributed by atoms with van der Waals surface area (Å²) in [6, 6.07) is 18.3. The average Bonchev–Trinajstić information content (AvgIpc) is 2.60. The monoisotopic (exact) mass is 366 g/mol. The summed E-state index contributed by atoms with van der Waals surface area (Å²) in [4.78, 5) is 0.176. The van der Waals surface area contributed by atoms with E-state index in [1.165, 1.54) is 0 Å². The van der Waals surface area contributed by atoms with Crippen LogP contribution in [0.1, 0.15) is 19.4 Å². The highest BCUT2D eigenvalue weighted by atomic mass is 32.2. The molecule has 1 N–H and O–H groups in total. The van der Waals surface area contributed by atoms with Gasteiger partial charge in [0.15, 0.2) is 5.84 Å². The highest BCUT2D eigenvalue weighted by molar-refractivity contribution is 7.90. The third-order valence-electron chi connectivity index (χ3n) is 4.12. The molecule has 6 heteroatoms. The Balaban J connectivity index is 1.98. The number of sulfonamides is 1. The molecule has 132 valence electrons. The van der Waals surface area contributed by atoms with Crippen LogP contribution in [0.15, 0.2) is 70.0 Å². The van der Waals surface area contributed by atoms with Gasteiger partial charge < -0.3 is 10.1 Å². The van der Waals surface area contributed by atoms with Crippen LogP contribution in [0, 0.1) is 0 Å². The molecule has 3 aromatic rings. The summed E-state index contributed by atoms with van der Waals surface area (Å²) in [5, 5.41) is 5.03. The van der Waals surface area contributed by atoms with Crippen molar-refractivity contribution in [3.63, 3.8) is 0 Å². The zero-order chi connectivity index (χ0) is 18.3. The lowest BCUT2D eigenvalue weighted by Crippen LogP contribution is -2.24. The fraction of sp³-hybridized carbons (Fsp3) is 0.150. The molecule has 0 radical (unpaired) electrons. The van der Waals surface area contributed by atoms with Crippen LogP contribution in [0.3, 0.4) is 0 Å². The highest BCUT2D eigenvalue weighted by Gasteiger charge is 2.27. The largest absolute Gasteiger partial charge is 0.490 e. The Morgan fingerprint density at radius 3 is 2.50 bits per heavy atom. The van der Waals surface area contributed by atoms with Crippen molar-refractivity contribution in [3.05, 3.63) is 66.2 Å². The second kappa shape index (κ2) is 6.14. The van der Waals surface area contributed by atoms with Crippen molar-refractivity contribution >= 4 is 32.3 Å². The van der Waals surface area contributed by atoms with Crippen molar-refractivity contribution in [2.75, 3.05) is 5.32 Å². The molecular formula is C20H18N2O3S. The van der Waals surface area contributed by atoms with E-state index in [9.17, 15) is 8.42 Å². The van der Waals surface area contributed by atoms with Gasteiger partial charge in [0.25, 0.3) is 10.0 Å². The molecule has 0 fully saturated rings. The van der Waals surface area contributed by atoms with Gasteiger partial charge in [-0.25, -0.2) is 0 Å². The van der Waals surface area contributed by atoms with Crippen LogP contribution < -0.4 is 10.1 Å². The normalized spacial score (nSPS) is 15.3. The number of hydrogen-bond acceptors (Lipinski definition) is 4. The van der Waals surface area contributed by atoms with Gasteiger partial charge in [0.1, 0.15) is 10.6 Å². The summed E-state index contributed by atoms with van der Waals surface area (Å²) in [6.07, 6.45) is -0.0528. The predicted octanol–water partition coefficient (Wildman–Crippen LogP) is 4.19. The number of fused-ring (bicyclic) bond motifs is 2. The Bertz CT molecular complexity index is 1130. The Kier molecular flexibility index (Phi) is 3.92. The number of rotatable bonds is 3.